The maximum Gasteiger partial charge on any atom is 0.187 e. The zero-order chi connectivity index (χ0) is 33.0. The zero-order valence-corrected chi connectivity index (χ0v) is 23.5. The molecular weight excluding hydrogens is 608 g/mol. The first-order valence-electron chi connectivity index (χ1n) is 13.9. The molecule has 0 radical (unpaired) electrons. The van der Waals surface area contributed by atoms with E-state index >= 15 is 0 Å². The van der Waals surface area contributed by atoms with Crippen molar-refractivity contribution in [1.29, 1.82) is 0 Å². The molecule has 0 unspecified atom stereocenters. The molecule has 3 rings (SSSR count). The summed E-state index contributed by atoms with van der Waals surface area (Å²) in [5.41, 5.74) is 0. The Hall–Kier alpha value is -0.800. The summed E-state index contributed by atoms with van der Waals surface area (Å²) in [7, 11) is 0. The quantitative estimate of drug-likeness (QED) is 0.0878. The topological polar surface area (TPSA) is 339 Å². The standard InChI is InChI=1S/C24H44O20/c1-6-11(31)15(35)17(37)22(39-6)44-21-16(36)13(33)9(4-27)41-24(21)43-20-14(34)10(5-28)40-23(18(20)38)42-19(8(30)3-26)12(32)7(29)2-25/h6-38H,2-5H2,1H3/t6-,7-,8+,9+,10+,11+,12+,13-,14-,15+,16-,17-,18+,19+,20-,21+,22-,23-,24+/m0/s1. The Balaban J connectivity index is 1.89. The fourth-order valence-electron chi connectivity index (χ4n) is 5.06. The summed E-state index contributed by atoms with van der Waals surface area (Å²) in [6, 6.07) is 0. The molecule has 0 spiro atoms. The Morgan fingerprint density at radius 1 is 0.545 bits per heavy atom. The molecular formula is C24H44O20. The van der Waals surface area contributed by atoms with Gasteiger partial charge in [-0.15, -0.1) is 0 Å². The number of aliphatic hydroxyl groups excluding tert-OH is 14. The van der Waals surface area contributed by atoms with Crippen molar-refractivity contribution < 1.29 is 99.9 Å². The van der Waals surface area contributed by atoms with Crippen LogP contribution in [0, 0.1) is 0 Å². The molecule has 3 fully saturated rings. The van der Waals surface area contributed by atoms with Gasteiger partial charge in [0.1, 0.15) is 91.6 Å². The summed E-state index contributed by atoms with van der Waals surface area (Å²) in [5.74, 6) is 0. The van der Waals surface area contributed by atoms with Crippen molar-refractivity contribution in [2.45, 2.75) is 123 Å². The number of ether oxygens (including phenoxy) is 6. The van der Waals surface area contributed by atoms with Gasteiger partial charge in [-0.3, -0.25) is 0 Å². The van der Waals surface area contributed by atoms with E-state index in [1.54, 1.807) is 0 Å². The van der Waals surface area contributed by atoms with Gasteiger partial charge in [-0.2, -0.15) is 0 Å². The van der Waals surface area contributed by atoms with E-state index in [9.17, 15) is 71.5 Å². The Morgan fingerprint density at radius 3 is 1.66 bits per heavy atom. The lowest BCUT2D eigenvalue weighted by Gasteiger charge is -2.48. The van der Waals surface area contributed by atoms with E-state index in [2.05, 4.69) is 0 Å². The van der Waals surface area contributed by atoms with E-state index in [0.717, 1.165) is 0 Å². The molecule has 0 aromatic rings. The molecule has 20 nitrogen and oxygen atoms in total. The average molecular weight is 653 g/mol. The van der Waals surface area contributed by atoms with Crippen LogP contribution in [0.2, 0.25) is 0 Å². The van der Waals surface area contributed by atoms with Crippen LogP contribution in [0.3, 0.4) is 0 Å². The SMILES string of the molecule is C[C@@H]1O[C@@H](O[C@H]2[C@@H](O[C@H]3[C@@H](O)[C@@H](CO)O[C@@H](O[C@@H]([C@H](O)[C@@H](O)CO)[C@H](O)CO)[C@@H]3O)O[C@H](CO)[C@H](O)[C@@H]2O)[C@@H](O)[C@H](O)[C@@H]1O. The lowest BCUT2D eigenvalue weighted by Crippen LogP contribution is -2.67. The first-order valence-corrected chi connectivity index (χ1v) is 13.9. The molecule has 0 bridgehead atoms. The van der Waals surface area contributed by atoms with E-state index < -0.39 is 143 Å². The molecule has 14 N–H and O–H groups in total. The van der Waals surface area contributed by atoms with Gasteiger partial charge in [0.2, 0.25) is 0 Å². The van der Waals surface area contributed by atoms with Gasteiger partial charge in [-0.05, 0) is 6.92 Å². The molecule has 3 aliphatic rings. The molecule has 0 amide bonds. The second-order valence-electron chi connectivity index (χ2n) is 10.9. The lowest BCUT2D eigenvalue weighted by atomic mass is 9.96. The molecule has 0 saturated carbocycles. The van der Waals surface area contributed by atoms with Gasteiger partial charge in [-0.25, -0.2) is 0 Å². The van der Waals surface area contributed by atoms with Gasteiger partial charge in [-0.1, -0.05) is 0 Å². The Kier molecular flexibility index (Phi) is 14.0. The summed E-state index contributed by atoms with van der Waals surface area (Å²) in [6.45, 7) is -2.46. The van der Waals surface area contributed by atoms with Crippen LogP contribution in [0.25, 0.3) is 0 Å². The fraction of sp³-hybridized carbons (Fsp3) is 1.00. The second kappa shape index (κ2) is 16.3. The minimum Gasteiger partial charge on any atom is -0.394 e. The molecule has 260 valence electrons. The smallest absolute Gasteiger partial charge is 0.187 e. The summed E-state index contributed by atoms with van der Waals surface area (Å²) < 4.78 is 32.9. The van der Waals surface area contributed by atoms with Gasteiger partial charge in [0.15, 0.2) is 18.9 Å². The third-order valence-corrected chi connectivity index (χ3v) is 7.81. The molecule has 19 atom stereocenters. The van der Waals surface area contributed by atoms with Gasteiger partial charge in [0, 0.05) is 0 Å². The monoisotopic (exact) mass is 652 g/mol. The van der Waals surface area contributed by atoms with Crippen molar-refractivity contribution in [2.75, 3.05) is 26.4 Å². The zero-order valence-electron chi connectivity index (χ0n) is 23.5. The van der Waals surface area contributed by atoms with Gasteiger partial charge in [0.25, 0.3) is 0 Å². The Bertz CT molecular complexity index is 857. The van der Waals surface area contributed by atoms with Crippen LogP contribution in [-0.4, -0.2) is 214 Å². The van der Waals surface area contributed by atoms with Gasteiger partial charge >= 0.3 is 0 Å². The van der Waals surface area contributed by atoms with E-state index in [1.807, 2.05) is 0 Å². The molecule has 0 aromatic carbocycles. The normalized spacial score (nSPS) is 46.3. The minimum absolute atomic E-state index is 0.870. The largest absolute Gasteiger partial charge is 0.394 e. The van der Waals surface area contributed by atoms with E-state index in [0.29, 0.717) is 0 Å². The van der Waals surface area contributed by atoms with Crippen molar-refractivity contribution >= 4 is 0 Å². The summed E-state index contributed by atoms with van der Waals surface area (Å²) >= 11 is 0. The van der Waals surface area contributed by atoms with Crippen LogP contribution in [0.1, 0.15) is 6.92 Å². The van der Waals surface area contributed by atoms with Gasteiger partial charge < -0.3 is 99.9 Å². The highest BCUT2D eigenvalue weighted by Crippen LogP contribution is 2.33. The second-order valence-corrected chi connectivity index (χ2v) is 10.9. The van der Waals surface area contributed by atoms with Gasteiger partial charge in [0.05, 0.1) is 32.5 Å². The Morgan fingerprint density at radius 2 is 1.09 bits per heavy atom. The van der Waals surface area contributed by atoms with Crippen LogP contribution >= 0.6 is 0 Å². The third-order valence-electron chi connectivity index (χ3n) is 7.81. The molecule has 3 saturated heterocycles. The van der Waals surface area contributed by atoms with Crippen molar-refractivity contribution in [2.24, 2.45) is 0 Å². The highest BCUT2D eigenvalue weighted by Gasteiger charge is 2.54. The maximum absolute atomic E-state index is 11.1. The molecule has 3 heterocycles. The highest BCUT2D eigenvalue weighted by molar-refractivity contribution is 4.97. The van der Waals surface area contributed by atoms with E-state index in [4.69, 9.17) is 28.4 Å². The minimum atomic E-state index is -2.09. The predicted molar refractivity (Wildman–Crippen MR) is 135 cm³/mol. The van der Waals surface area contributed by atoms with Crippen molar-refractivity contribution in [3.05, 3.63) is 0 Å². The predicted octanol–water partition coefficient (Wildman–Crippen LogP) is -9.09. The van der Waals surface area contributed by atoms with Crippen molar-refractivity contribution in [3.63, 3.8) is 0 Å². The fourth-order valence-corrected chi connectivity index (χ4v) is 5.06. The van der Waals surface area contributed by atoms with Crippen LogP contribution in [-0.2, 0) is 28.4 Å². The maximum atomic E-state index is 11.1. The first-order chi connectivity index (χ1) is 20.7. The Labute approximate surface area is 250 Å². The molecule has 44 heavy (non-hydrogen) atoms. The summed E-state index contributed by atoms with van der Waals surface area (Å²) in [6.07, 6.45) is -34.2. The number of rotatable bonds is 13. The van der Waals surface area contributed by atoms with Crippen LogP contribution in [0.15, 0.2) is 0 Å². The molecule has 0 aliphatic carbocycles. The van der Waals surface area contributed by atoms with Crippen molar-refractivity contribution in [1.82, 2.24) is 0 Å². The number of aliphatic hydroxyl groups is 14. The van der Waals surface area contributed by atoms with Crippen LogP contribution in [0.4, 0.5) is 0 Å². The third kappa shape index (κ3) is 8.00. The lowest BCUT2D eigenvalue weighted by molar-refractivity contribution is -0.391. The molecule has 0 aromatic heterocycles. The first kappa shape index (κ1) is 37.7. The molecule has 20 heteroatoms. The number of hydrogen-bond donors (Lipinski definition) is 14. The highest BCUT2D eigenvalue weighted by atomic mass is 16.8. The van der Waals surface area contributed by atoms with Crippen LogP contribution < -0.4 is 0 Å². The number of hydrogen-bond acceptors (Lipinski definition) is 20. The van der Waals surface area contributed by atoms with E-state index in [1.165, 1.54) is 6.92 Å². The molecule has 3 aliphatic heterocycles. The summed E-state index contributed by atoms with van der Waals surface area (Å²) in [4.78, 5) is 0. The average Bonchev–Trinajstić information content (AvgIpc) is 3.02. The summed E-state index contributed by atoms with van der Waals surface area (Å²) in [5, 5.41) is 142. The van der Waals surface area contributed by atoms with Crippen molar-refractivity contribution in [3.8, 4) is 0 Å². The van der Waals surface area contributed by atoms with E-state index in [-0.39, 0.29) is 0 Å². The van der Waals surface area contributed by atoms with Crippen LogP contribution in [0.5, 0.6) is 0 Å².